The second kappa shape index (κ2) is 11.5. The van der Waals surface area contributed by atoms with Crippen LogP contribution in [0.1, 0.15) is 38.5 Å². The maximum absolute atomic E-state index is 12.6. The van der Waals surface area contributed by atoms with E-state index in [0.29, 0.717) is 31.0 Å². The van der Waals surface area contributed by atoms with E-state index in [4.69, 9.17) is 14.7 Å². The molecule has 0 radical (unpaired) electrons. The number of H-pyrrole nitrogens is 1. The zero-order valence-electron chi connectivity index (χ0n) is 20.6. The molecular formula is C23H33AsN8O3S. The fraction of sp³-hybridized carbons (Fsp3) is 0.609. The van der Waals surface area contributed by atoms with Crippen LogP contribution in [-0.4, -0.2) is 104 Å². The molecule has 3 aromatic rings. The van der Waals surface area contributed by atoms with Crippen LogP contribution in [0.5, 0.6) is 0 Å². The standard InChI is InChI=1S/C23H33AsN8O3S/c1-36(33,34)32(9-8-31-10-12-35-13-11-31)23-26-16-20(17-27-23)24(19-6-4-2-3-5-7-19)22-25-14-18-15-28-30-21(18)29-22/h14-17,19H,2-13H2,1H3,(H,25,28,29,30). The van der Waals surface area contributed by atoms with Gasteiger partial charge >= 0.3 is 217 Å². The van der Waals surface area contributed by atoms with Crippen LogP contribution in [0, 0.1) is 0 Å². The molecule has 1 saturated carbocycles. The van der Waals surface area contributed by atoms with Crippen LogP contribution in [0.3, 0.4) is 0 Å². The van der Waals surface area contributed by atoms with Gasteiger partial charge in [0.05, 0.1) is 0 Å². The van der Waals surface area contributed by atoms with E-state index in [1.54, 1.807) is 6.20 Å². The molecule has 1 atom stereocenters. The summed E-state index contributed by atoms with van der Waals surface area (Å²) < 4.78 is 34.4. The predicted octanol–water partition coefficient (Wildman–Crippen LogP) is 0.575. The van der Waals surface area contributed by atoms with Gasteiger partial charge in [0, 0.05) is 0 Å². The van der Waals surface area contributed by atoms with Gasteiger partial charge < -0.3 is 0 Å². The zero-order valence-corrected chi connectivity index (χ0v) is 23.3. The van der Waals surface area contributed by atoms with Gasteiger partial charge in [-0.25, -0.2) is 0 Å². The van der Waals surface area contributed by atoms with E-state index in [1.165, 1.54) is 36.2 Å². The van der Waals surface area contributed by atoms with Gasteiger partial charge in [-0.05, 0) is 0 Å². The maximum atomic E-state index is 12.6. The molecule has 2 fully saturated rings. The van der Waals surface area contributed by atoms with Gasteiger partial charge in [-0.2, -0.15) is 0 Å². The molecule has 3 aromatic heterocycles. The van der Waals surface area contributed by atoms with Crippen LogP contribution in [0.2, 0.25) is 4.71 Å². The molecule has 1 N–H and O–H groups in total. The Labute approximate surface area is 216 Å². The number of nitrogens with zero attached hydrogens (tertiary/aromatic N) is 7. The van der Waals surface area contributed by atoms with E-state index in [0.717, 1.165) is 45.9 Å². The van der Waals surface area contributed by atoms with Crippen LogP contribution >= 0.6 is 0 Å². The van der Waals surface area contributed by atoms with Gasteiger partial charge in [0.1, 0.15) is 0 Å². The van der Waals surface area contributed by atoms with E-state index in [1.807, 2.05) is 18.6 Å². The molecule has 11 nitrogen and oxygen atoms in total. The van der Waals surface area contributed by atoms with Crippen molar-refractivity contribution >= 4 is 50.6 Å². The molecule has 4 heterocycles. The number of hydrogen-bond donors (Lipinski definition) is 1. The van der Waals surface area contributed by atoms with Crippen LogP contribution in [0.25, 0.3) is 11.0 Å². The molecule has 1 aliphatic carbocycles. The number of fused-ring (bicyclic) bond motifs is 1. The quantitative estimate of drug-likeness (QED) is 0.302. The van der Waals surface area contributed by atoms with Crippen molar-refractivity contribution in [3.05, 3.63) is 24.8 Å². The summed E-state index contributed by atoms with van der Waals surface area (Å²) in [5, 5.41) is 7.96. The molecule has 194 valence electrons. The normalized spacial score (nSPS) is 19.2. The van der Waals surface area contributed by atoms with Crippen LogP contribution in [0.15, 0.2) is 24.8 Å². The summed E-state index contributed by atoms with van der Waals surface area (Å²) in [6, 6.07) is 0. The van der Waals surface area contributed by atoms with Gasteiger partial charge in [0.15, 0.2) is 0 Å². The predicted molar refractivity (Wildman–Crippen MR) is 140 cm³/mol. The van der Waals surface area contributed by atoms with E-state index < -0.39 is 24.7 Å². The van der Waals surface area contributed by atoms with Gasteiger partial charge in [0.2, 0.25) is 0 Å². The summed E-state index contributed by atoms with van der Waals surface area (Å²) in [6.07, 6.45) is 15.7. The minimum absolute atomic E-state index is 0.217. The van der Waals surface area contributed by atoms with Gasteiger partial charge in [-0.3, -0.25) is 0 Å². The summed E-state index contributed by atoms with van der Waals surface area (Å²) in [5.74, 6) is 0.217. The van der Waals surface area contributed by atoms with Gasteiger partial charge in [0.25, 0.3) is 0 Å². The molecule has 1 saturated heterocycles. The fourth-order valence-electron chi connectivity index (χ4n) is 4.89. The Kier molecular flexibility index (Phi) is 8.15. The van der Waals surface area contributed by atoms with Crippen molar-refractivity contribution in [1.82, 2.24) is 35.0 Å². The van der Waals surface area contributed by atoms with Crippen molar-refractivity contribution in [2.45, 2.75) is 43.2 Å². The summed E-state index contributed by atoms with van der Waals surface area (Å²) in [4.78, 5) is 21.0. The molecule has 1 aliphatic heterocycles. The topological polar surface area (TPSA) is 130 Å². The molecule has 0 spiro atoms. The third-order valence-electron chi connectivity index (χ3n) is 6.83. The molecule has 0 aromatic carbocycles. The molecule has 1 unspecified atom stereocenters. The SMILES string of the molecule is CS(=O)(=O)N(CCN1CCOCC1)c1ncc([As](c2ncc3cn[nH]c3n2)C2CCCCCC2)cn1. The second-order valence-corrected chi connectivity index (χ2v) is 16.3. The molecule has 13 heteroatoms. The average Bonchev–Trinajstić information content (AvgIpc) is 3.19. The van der Waals surface area contributed by atoms with E-state index >= 15 is 0 Å². The van der Waals surface area contributed by atoms with E-state index in [9.17, 15) is 8.42 Å². The summed E-state index contributed by atoms with van der Waals surface area (Å²) in [6.45, 7) is 3.86. The van der Waals surface area contributed by atoms with Crippen molar-refractivity contribution in [3.63, 3.8) is 0 Å². The number of rotatable bonds is 8. The van der Waals surface area contributed by atoms with Gasteiger partial charge in [-0.15, -0.1) is 0 Å². The van der Waals surface area contributed by atoms with Crippen molar-refractivity contribution in [2.75, 3.05) is 50.0 Å². The number of anilines is 1. The number of nitrogens with one attached hydrogen (secondary N) is 1. The first-order valence-corrected chi connectivity index (χ1v) is 17.3. The Morgan fingerprint density at radius 3 is 2.47 bits per heavy atom. The summed E-state index contributed by atoms with van der Waals surface area (Å²) in [5.41, 5.74) is 0.747. The molecule has 0 amide bonds. The molecule has 0 bridgehead atoms. The average molecular weight is 577 g/mol. The van der Waals surface area contributed by atoms with Crippen LogP contribution in [0.4, 0.5) is 5.95 Å². The molecule has 5 rings (SSSR count). The Morgan fingerprint density at radius 1 is 1.06 bits per heavy atom. The third kappa shape index (κ3) is 6.04. The van der Waals surface area contributed by atoms with Crippen molar-refractivity contribution in [1.29, 1.82) is 0 Å². The first kappa shape index (κ1) is 25.5. The zero-order chi connectivity index (χ0) is 25.0. The Hall–Kier alpha value is -2.14. The van der Waals surface area contributed by atoms with E-state index in [-0.39, 0.29) is 5.95 Å². The molecular weight excluding hydrogens is 543 g/mol. The third-order valence-corrected chi connectivity index (χ3v) is 13.6. The van der Waals surface area contributed by atoms with Gasteiger partial charge in [-0.1, -0.05) is 0 Å². The Morgan fingerprint density at radius 2 is 1.78 bits per heavy atom. The van der Waals surface area contributed by atoms with Crippen molar-refractivity contribution in [2.24, 2.45) is 0 Å². The summed E-state index contributed by atoms with van der Waals surface area (Å²) >= 11 is -1.95. The Bertz CT molecular complexity index is 1240. The first-order valence-electron chi connectivity index (χ1n) is 12.5. The first-order chi connectivity index (χ1) is 17.5. The minimum atomic E-state index is -3.52. The summed E-state index contributed by atoms with van der Waals surface area (Å²) in [7, 11) is -3.52. The number of aromatic nitrogens is 6. The number of aromatic amines is 1. The Balaban J connectivity index is 1.42. The second-order valence-electron chi connectivity index (χ2n) is 9.39. The van der Waals surface area contributed by atoms with Crippen LogP contribution < -0.4 is 13.3 Å². The number of ether oxygens (including phenoxy) is 1. The van der Waals surface area contributed by atoms with Crippen molar-refractivity contribution in [3.8, 4) is 0 Å². The van der Waals surface area contributed by atoms with E-state index in [2.05, 4.69) is 25.1 Å². The number of morpholine rings is 1. The van der Waals surface area contributed by atoms with Crippen LogP contribution in [-0.2, 0) is 14.8 Å². The molecule has 2 aliphatic rings. The number of hydrogen-bond acceptors (Lipinski definition) is 9. The van der Waals surface area contributed by atoms with Crippen molar-refractivity contribution < 1.29 is 13.2 Å². The monoisotopic (exact) mass is 576 g/mol. The fourth-order valence-corrected chi connectivity index (χ4v) is 11.2. The number of sulfonamides is 1. The molecule has 36 heavy (non-hydrogen) atoms.